The zero-order valence-electron chi connectivity index (χ0n) is 19.7. The van der Waals surface area contributed by atoms with Gasteiger partial charge in [0.15, 0.2) is 0 Å². The van der Waals surface area contributed by atoms with Crippen LogP contribution in [0.4, 0.5) is 13.2 Å². The van der Waals surface area contributed by atoms with Gasteiger partial charge in [0.1, 0.15) is 11.5 Å². The van der Waals surface area contributed by atoms with E-state index < -0.39 is 23.7 Å². The minimum atomic E-state index is -2.76. The first kappa shape index (κ1) is 25.1. The normalized spacial score (nSPS) is 22.1. The molecular formula is C25H30F3N5O2. The number of halogens is 3. The lowest BCUT2D eigenvalue weighted by Gasteiger charge is -2.38. The van der Waals surface area contributed by atoms with E-state index in [4.69, 9.17) is 0 Å². The van der Waals surface area contributed by atoms with Crippen molar-refractivity contribution in [2.24, 2.45) is 4.99 Å². The number of fused-ring (bicyclic) bond motifs is 1. The number of benzene rings is 1. The van der Waals surface area contributed by atoms with Crippen LogP contribution in [0.3, 0.4) is 0 Å². The molecule has 2 atom stereocenters. The lowest BCUT2D eigenvalue weighted by Crippen LogP contribution is -2.51. The van der Waals surface area contributed by atoms with Crippen LogP contribution in [0.25, 0.3) is 10.8 Å². The molecule has 0 radical (unpaired) electrons. The maximum atomic E-state index is 14.0. The minimum Gasteiger partial charge on any atom is -0.354 e. The summed E-state index contributed by atoms with van der Waals surface area (Å²) in [5, 5.41) is 3.03. The molecule has 7 nitrogen and oxygen atoms in total. The van der Waals surface area contributed by atoms with Crippen LogP contribution in [0.15, 0.2) is 46.3 Å². The van der Waals surface area contributed by atoms with Crippen molar-refractivity contribution in [2.75, 3.05) is 39.8 Å². The molecule has 1 aromatic heterocycles. The Morgan fingerprint density at radius 3 is 2.69 bits per heavy atom. The van der Waals surface area contributed by atoms with Crippen molar-refractivity contribution in [1.82, 2.24) is 20.1 Å². The zero-order valence-corrected chi connectivity index (χ0v) is 19.7. The van der Waals surface area contributed by atoms with Crippen LogP contribution >= 0.6 is 0 Å². The van der Waals surface area contributed by atoms with Crippen LogP contribution in [0.5, 0.6) is 0 Å². The molecule has 188 valence electrons. The maximum absolute atomic E-state index is 14.0. The molecule has 1 aliphatic carbocycles. The summed E-state index contributed by atoms with van der Waals surface area (Å²) in [6, 6.07) is 6.87. The fraction of sp³-hybridized carbons (Fsp3) is 0.480. The van der Waals surface area contributed by atoms with E-state index in [1.54, 1.807) is 12.1 Å². The van der Waals surface area contributed by atoms with Gasteiger partial charge in [-0.15, -0.1) is 0 Å². The van der Waals surface area contributed by atoms with Gasteiger partial charge in [-0.1, -0.05) is 18.7 Å². The second kappa shape index (κ2) is 10.7. The number of aliphatic imine (C=N–C) groups is 1. The number of H-pyrrole nitrogens is 1. The summed E-state index contributed by atoms with van der Waals surface area (Å²) in [7, 11) is 1.40. The summed E-state index contributed by atoms with van der Waals surface area (Å²) < 4.78 is 41.0. The Kier molecular flexibility index (Phi) is 7.71. The fourth-order valence-electron chi connectivity index (χ4n) is 5.13. The molecule has 1 saturated heterocycles. The highest BCUT2D eigenvalue weighted by Crippen LogP contribution is 2.37. The molecule has 0 bridgehead atoms. The molecule has 2 unspecified atom stereocenters. The number of hydrogen-bond acceptors (Lipinski definition) is 5. The summed E-state index contributed by atoms with van der Waals surface area (Å²) in [5.41, 5.74) is -0.149. The Hall–Kier alpha value is -2.98. The molecule has 10 heteroatoms. The Balaban J connectivity index is 1.35. The van der Waals surface area contributed by atoms with Gasteiger partial charge >= 0.3 is 0 Å². The highest BCUT2D eigenvalue weighted by atomic mass is 19.3. The van der Waals surface area contributed by atoms with Gasteiger partial charge in [0.05, 0.1) is 11.1 Å². The number of alkyl halides is 2. The van der Waals surface area contributed by atoms with Gasteiger partial charge < -0.3 is 10.3 Å². The molecule has 2 aromatic rings. The van der Waals surface area contributed by atoms with Crippen molar-refractivity contribution in [3.63, 3.8) is 0 Å². The van der Waals surface area contributed by atoms with E-state index >= 15 is 0 Å². The van der Waals surface area contributed by atoms with E-state index in [0.29, 0.717) is 24.5 Å². The minimum absolute atomic E-state index is 0.0102. The summed E-state index contributed by atoms with van der Waals surface area (Å²) in [5.74, 6) is -0.913. The predicted molar refractivity (Wildman–Crippen MR) is 130 cm³/mol. The highest BCUT2D eigenvalue weighted by molar-refractivity contribution is 5.98. The summed E-state index contributed by atoms with van der Waals surface area (Å²) >= 11 is 0. The molecule has 2 N–H and O–H groups in total. The number of carbonyl (C=O) groups excluding carboxylic acids is 1. The summed E-state index contributed by atoms with van der Waals surface area (Å²) in [6.07, 6.45) is 0.0178. The van der Waals surface area contributed by atoms with E-state index in [2.05, 4.69) is 26.8 Å². The lowest BCUT2D eigenvalue weighted by molar-refractivity contribution is -0.117. The quantitative estimate of drug-likeness (QED) is 0.463. The first-order valence-electron chi connectivity index (χ1n) is 11.8. The third-order valence-corrected chi connectivity index (χ3v) is 7.02. The molecule has 2 heterocycles. The summed E-state index contributed by atoms with van der Waals surface area (Å²) in [4.78, 5) is 35.0. The molecule has 1 aromatic carbocycles. The lowest BCUT2D eigenvalue weighted by atomic mass is 10.00. The third-order valence-electron chi connectivity index (χ3n) is 7.02. The average molecular weight is 490 g/mol. The Labute approximate surface area is 201 Å². The van der Waals surface area contributed by atoms with E-state index in [1.807, 2.05) is 11.0 Å². The van der Waals surface area contributed by atoms with Crippen LogP contribution in [-0.4, -0.2) is 78.6 Å². The van der Waals surface area contributed by atoms with Crippen LogP contribution < -0.4 is 10.9 Å². The van der Waals surface area contributed by atoms with Crippen molar-refractivity contribution < 1.29 is 18.0 Å². The number of likely N-dealkylation sites (N-methyl/N-ethyl adjacent to an activating group) is 1. The van der Waals surface area contributed by atoms with Crippen molar-refractivity contribution in [3.05, 3.63) is 58.4 Å². The van der Waals surface area contributed by atoms with Gasteiger partial charge in [0.2, 0.25) is 0 Å². The maximum Gasteiger partial charge on any atom is 0.277 e. The van der Waals surface area contributed by atoms with Crippen molar-refractivity contribution in [1.29, 1.82) is 0 Å². The molecule has 1 saturated carbocycles. The predicted octanol–water partition coefficient (Wildman–Crippen LogP) is 2.89. The van der Waals surface area contributed by atoms with E-state index in [9.17, 15) is 22.8 Å². The van der Waals surface area contributed by atoms with Crippen molar-refractivity contribution in [2.45, 2.75) is 37.6 Å². The SMILES string of the molecule is C=C(N=C(CN1CCN(C2CCC(c3cc4cccc(F)c4c(=O)[nH]3)C2)CC1)C(F)F)C(=O)NC. The molecule has 1 aliphatic heterocycles. The number of aromatic nitrogens is 1. The first-order valence-corrected chi connectivity index (χ1v) is 11.8. The topological polar surface area (TPSA) is 80.8 Å². The number of rotatable bonds is 7. The van der Waals surface area contributed by atoms with E-state index in [-0.39, 0.29) is 29.3 Å². The van der Waals surface area contributed by atoms with Crippen molar-refractivity contribution >= 4 is 22.4 Å². The van der Waals surface area contributed by atoms with Gasteiger partial charge in [-0.2, -0.15) is 0 Å². The largest absolute Gasteiger partial charge is 0.354 e. The van der Waals surface area contributed by atoms with Gasteiger partial charge in [-0.25, -0.2) is 18.2 Å². The second-order valence-electron chi connectivity index (χ2n) is 9.16. The molecular weight excluding hydrogens is 459 g/mol. The standard InChI is InChI=1S/C25H30F3N5O2/c1-15(24(34)29-2)30-21(23(27)28)14-32-8-10-33(11-9-32)18-7-6-16(12-18)20-13-17-4-3-5-19(26)22(17)25(35)31-20/h3-5,13,16,18,23H,1,6-12,14H2,2H3,(H,29,34)(H,31,35). The van der Waals surface area contributed by atoms with E-state index in [0.717, 1.165) is 38.0 Å². The Bertz CT molecular complexity index is 1190. The number of carbonyl (C=O) groups is 1. The van der Waals surface area contributed by atoms with Crippen LogP contribution in [0.1, 0.15) is 30.9 Å². The van der Waals surface area contributed by atoms with Gasteiger partial charge in [-0.05, 0) is 36.8 Å². The number of pyridine rings is 1. The van der Waals surface area contributed by atoms with Crippen LogP contribution in [-0.2, 0) is 4.79 Å². The average Bonchev–Trinajstić information content (AvgIpc) is 3.33. The zero-order chi connectivity index (χ0) is 25.1. The summed E-state index contributed by atoms with van der Waals surface area (Å²) in [6.45, 7) is 6.17. The Morgan fingerprint density at radius 1 is 1.26 bits per heavy atom. The highest BCUT2D eigenvalue weighted by Gasteiger charge is 2.33. The first-order chi connectivity index (χ1) is 16.8. The fourth-order valence-corrected chi connectivity index (χ4v) is 5.13. The van der Waals surface area contributed by atoms with Crippen LogP contribution in [0, 0.1) is 5.82 Å². The van der Waals surface area contributed by atoms with Gasteiger partial charge in [-0.3, -0.25) is 19.4 Å². The smallest absolute Gasteiger partial charge is 0.277 e. The monoisotopic (exact) mass is 489 g/mol. The Morgan fingerprint density at radius 2 is 2.00 bits per heavy atom. The van der Waals surface area contributed by atoms with E-state index in [1.165, 1.54) is 13.1 Å². The molecule has 2 aliphatic rings. The molecule has 4 rings (SSSR count). The molecule has 2 fully saturated rings. The number of nitrogens with zero attached hydrogens (tertiary/aromatic N) is 3. The second-order valence-corrected chi connectivity index (χ2v) is 9.16. The van der Waals surface area contributed by atoms with Gasteiger partial charge in [0, 0.05) is 57.4 Å². The molecule has 35 heavy (non-hydrogen) atoms. The van der Waals surface area contributed by atoms with Crippen molar-refractivity contribution in [3.8, 4) is 0 Å². The molecule has 1 amide bonds. The number of piperazine rings is 1. The number of nitrogens with one attached hydrogen (secondary N) is 2. The van der Waals surface area contributed by atoms with Gasteiger partial charge in [0.25, 0.3) is 17.9 Å². The third kappa shape index (κ3) is 5.65. The number of aromatic amines is 1. The molecule has 0 spiro atoms. The van der Waals surface area contributed by atoms with Crippen LogP contribution in [0.2, 0.25) is 0 Å². The number of hydrogen-bond donors (Lipinski definition) is 2. The number of amides is 1.